The highest BCUT2D eigenvalue weighted by Crippen LogP contribution is 2.25. The molecule has 0 heterocycles. The van der Waals surface area contributed by atoms with Gasteiger partial charge in [0, 0.05) is 11.4 Å². The number of hydrogen-bond donors (Lipinski definition) is 2. The van der Waals surface area contributed by atoms with Gasteiger partial charge >= 0.3 is 6.03 Å². The molecule has 0 unspecified atom stereocenters. The first-order chi connectivity index (χ1) is 11.6. The summed E-state index contributed by atoms with van der Waals surface area (Å²) in [5, 5.41) is 5.59. The van der Waals surface area contributed by atoms with Gasteiger partial charge in [0.05, 0.1) is 12.8 Å². The zero-order chi connectivity index (χ0) is 17.4. The van der Waals surface area contributed by atoms with Gasteiger partial charge in [-0.3, -0.25) is 0 Å². The Morgan fingerprint density at radius 2 is 1.96 bits per heavy atom. The lowest BCUT2D eigenvalue weighted by atomic mass is 10.2. The number of halogens is 1. The molecule has 4 nitrogen and oxygen atoms in total. The molecule has 2 aromatic carbocycles. The topological polar surface area (TPSA) is 50.4 Å². The van der Waals surface area contributed by atoms with Gasteiger partial charge in [-0.15, -0.1) is 11.8 Å². The van der Waals surface area contributed by atoms with Crippen LogP contribution in [0.3, 0.4) is 0 Å². The van der Waals surface area contributed by atoms with E-state index in [1.807, 2.05) is 25.1 Å². The van der Waals surface area contributed by atoms with Crippen molar-refractivity contribution in [3.8, 4) is 5.75 Å². The van der Waals surface area contributed by atoms with Gasteiger partial charge < -0.3 is 15.4 Å². The molecule has 0 radical (unpaired) electrons. The van der Waals surface area contributed by atoms with Gasteiger partial charge in [-0.2, -0.15) is 0 Å². The van der Waals surface area contributed by atoms with Crippen molar-refractivity contribution in [2.24, 2.45) is 0 Å². The zero-order valence-corrected chi connectivity index (χ0v) is 14.6. The van der Waals surface area contributed by atoms with Crippen LogP contribution in [0.15, 0.2) is 47.4 Å². The van der Waals surface area contributed by atoms with E-state index in [9.17, 15) is 9.18 Å². The van der Waals surface area contributed by atoms with E-state index in [1.165, 1.54) is 12.1 Å². The number of aryl methyl sites for hydroxylation is 1. The van der Waals surface area contributed by atoms with Gasteiger partial charge in [-0.1, -0.05) is 6.07 Å². The molecule has 0 saturated carbocycles. The number of methoxy groups -OCH3 is 1. The Balaban J connectivity index is 1.69. The van der Waals surface area contributed by atoms with Crippen molar-refractivity contribution in [3.63, 3.8) is 0 Å². The summed E-state index contributed by atoms with van der Waals surface area (Å²) in [6.07, 6.45) is 0.820. The highest BCUT2D eigenvalue weighted by Gasteiger charge is 2.07. The van der Waals surface area contributed by atoms with Crippen LogP contribution in [-0.2, 0) is 0 Å². The summed E-state index contributed by atoms with van der Waals surface area (Å²) in [5.74, 6) is 1.25. The smallest absolute Gasteiger partial charge is 0.319 e. The fourth-order valence-electron chi connectivity index (χ4n) is 2.06. The standard InChI is InChI=1S/C18H21FN2O2S/c1-13-4-9-16(17(12-13)23-2)21-18(22)20-10-3-11-24-15-7-5-14(19)6-8-15/h4-9,12H,3,10-11H2,1-2H3,(H2,20,21,22). The van der Waals surface area contributed by atoms with Gasteiger partial charge in [0.1, 0.15) is 11.6 Å². The average molecular weight is 348 g/mol. The van der Waals surface area contributed by atoms with E-state index in [1.54, 1.807) is 31.0 Å². The number of ether oxygens (including phenoxy) is 1. The third-order valence-corrected chi connectivity index (χ3v) is 4.39. The molecule has 2 N–H and O–H groups in total. The molecule has 2 aromatic rings. The highest BCUT2D eigenvalue weighted by molar-refractivity contribution is 7.99. The third kappa shape index (κ3) is 5.77. The molecular formula is C18H21FN2O2S. The molecule has 6 heteroatoms. The number of carbonyl (C=O) groups excluding carboxylic acids is 1. The van der Waals surface area contributed by atoms with Gasteiger partial charge in [0.15, 0.2) is 0 Å². The Morgan fingerprint density at radius 3 is 2.67 bits per heavy atom. The number of anilines is 1. The van der Waals surface area contributed by atoms with Crippen molar-refractivity contribution in [2.45, 2.75) is 18.2 Å². The van der Waals surface area contributed by atoms with Gasteiger partial charge in [-0.25, -0.2) is 9.18 Å². The second kappa shape index (κ2) is 9.17. The van der Waals surface area contributed by atoms with E-state index in [-0.39, 0.29) is 11.8 Å². The monoisotopic (exact) mass is 348 g/mol. The molecule has 0 atom stereocenters. The van der Waals surface area contributed by atoms with Gasteiger partial charge in [0.2, 0.25) is 0 Å². The predicted molar refractivity (Wildman–Crippen MR) is 96.5 cm³/mol. The fourth-order valence-corrected chi connectivity index (χ4v) is 2.92. The Hall–Kier alpha value is -2.21. The van der Waals surface area contributed by atoms with Crippen LogP contribution in [0.4, 0.5) is 14.9 Å². The number of urea groups is 1. The minimum atomic E-state index is -0.260. The molecule has 0 aromatic heterocycles. The zero-order valence-electron chi connectivity index (χ0n) is 13.8. The first-order valence-corrected chi connectivity index (χ1v) is 8.65. The van der Waals surface area contributed by atoms with Crippen LogP contribution < -0.4 is 15.4 Å². The van der Waals surface area contributed by atoms with Crippen LogP contribution >= 0.6 is 11.8 Å². The summed E-state index contributed by atoms with van der Waals surface area (Å²) >= 11 is 1.63. The van der Waals surface area contributed by atoms with Crippen LogP contribution in [0, 0.1) is 12.7 Å². The molecule has 0 spiro atoms. The molecular weight excluding hydrogens is 327 g/mol. The molecule has 0 bridgehead atoms. The number of nitrogens with one attached hydrogen (secondary N) is 2. The lowest BCUT2D eigenvalue weighted by Crippen LogP contribution is -2.29. The van der Waals surface area contributed by atoms with E-state index >= 15 is 0 Å². The lowest BCUT2D eigenvalue weighted by molar-refractivity contribution is 0.252. The van der Waals surface area contributed by atoms with Crippen LogP contribution in [-0.4, -0.2) is 25.4 Å². The molecule has 24 heavy (non-hydrogen) atoms. The Bertz CT molecular complexity index is 677. The molecule has 0 fully saturated rings. The van der Waals surface area contributed by atoms with Crippen molar-refractivity contribution in [1.29, 1.82) is 0 Å². The number of carbonyl (C=O) groups is 1. The second-order valence-corrected chi connectivity index (χ2v) is 6.41. The molecule has 128 valence electrons. The summed E-state index contributed by atoms with van der Waals surface area (Å²) in [6, 6.07) is 11.7. The predicted octanol–water partition coefficient (Wildman–Crippen LogP) is 4.45. The maximum atomic E-state index is 12.8. The normalized spacial score (nSPS) is 10.3. The second-order valence-electron chi connectivity index (χ2n) is 5.24. The number of amides is 2. The SMILES string of the molecule is COc1cc(C)ccc1NC(=O)NCCCSc1ccc(F)cc1. The minimum absolute atomic E-state index is 0.232. The third-order valence-electron chi connectivity index (χ3n) is 3.29. The summed E-state index contributed by atoms with van der Waals surface area (Å²) in [7, 11) is 1.57. The maximum Gasteiger partial charge on any atom is 0.319 e. The van der Waals surface area contributed by atoms with Crippen LogP contribution in [0.5, 0.6) is 5.75 Å². The van der Waals surface area contributed by atoms with Crippen LogP contribution in [0.1, 0.15) is 12.0 Å². The van der Waals surface area contributed by atoms with Crippen molar-refractivity contribution in [3.05, 3.63) is 53.8 Å². The Labute approximate surface area is 145 Å². The first kappa shape index (κ1) is 18.1. The van der Waals surface area contributed by atoms with Gasteiger partial charge in [0.25, 0.3) is 0 Å². The Kier molecular flexibility index (Phi) is 6.93. The highest BCUT2D eigenvalue weighted by atomic mass is 32.2. The van der Waals surface area contributed by atoms with Crippen molar-refractivity contribution in [1.82, 2.24) is 5.32 Å². The fraction of sp³-hybridized carbons (Fsp3) is 0.278. The Morgan fingerprint density at radius 1 is 1.21 bits per heavy atom. The van der Waals surface area contributed by atoms with Crippen LogP contribution in [0.2, 0.25) is 0 Å². The number of thioether (sulfide) groups is 1. The van der Waals surface area contributed by atoms with E-state index in [2.05, 4.69) is 10.6 Å². The van der Waals surface area contributed by atoms with Crippen molar-refractivity contribution < 1.29 is 13.9 Å². The molecule has 0 aliphatic carbocycles. The van der Waals surface area contributed by atoms with E-state index in [0.29, 0.717) is 18.0 Å². The maximum absolute atomic E-state index is 12.8. The summed E-state index contributed by atoms with van der Waals surface area (Å²) in [4.78, 5) is 12.9. The van der Waals surface area contributed by atoms with E-state index < -0.39 is 0 Å². The van der Waals surface area contributed by atoms with E-state index in [4.69, 9.17) is 4.74 Å². The number of benzene rings is 2. The van der Waals surface area contributed by atoms with E-state index in [0.717, 1.165) is 22.6 Å². The average Bonchev–Trinajstić information content (AvgIpc) is 2.57. The summed E-state index contributed by atoms with van der Waals surface area (Å²) in [6.45, 7) is 2.53. The molecule has 0 aliphatic heterocycles. The summed E-state index contributed by atoms with van der Waals surface area (Å²) < 4.78 is 18.1. The molecule has 0 saturated heterocycles. The molecule has 2 rings (SSSR count). The van der Waals surface area contributed by atoms with Gasteiger partial charge in [-0.05, 0) is 61.1 Å². The quantitative estimate of drug-likeness (QED) is 0.574. The lowest BCUT2D eigenvalue weighted by Gasteiger charge is -2.11. The van der Waals surface area contributed by atoms with Crippen molar-refractivity contribution in [2.75, 3.05) is 24.7 Å². The molecule has 2 amide bonds. The number of hydrogen-bond acceptors (Lipinski definition) is 3. The molecule has 0 aliphatic rings. The first-order valence-electron chi connectivity index (χ1n) is 7.66. The number of rotatable bonds is 7. The van der Waals surface area contributed by atoms with Crippen LogP contribution in [0.25, 0.3) is 0 Å². The largest absolute Gasteiger partial charge is 0.495 e. The van der Waals surface area contributed by atoms with Crippen molar-refractivity contribution >= 4 is 23.5 Å². The summed E-state index contributed by atoms with van der Waals surface area (Å²) in [5.41, 5.74) is 1.71. The minimum Gasteiger partial charge on any atom is -0.495 e.